The summed E-state index contributed by atoms with van der Waals surface area (Å²) in [5, 5.41) is 21.5. The first-order valence-corrected chi connectivity index (χ1v) is 6.45. The zero-order valence-electron chi connectivity index (χ0n) is 8.23. The molecule has 1 aromatic rings. The average molecular weight is 332 g/mol. The van der Waals surface area contributed by atoms with Crippen molar-refractivity contribution in [2.24, 2.45) is 0 Å². The Morgan fingerprint density at radius 2 is 2.06 bits per heavy atom. The summed E-state index contributed by atoms with van der Waals surface area (Å²) >= 11 is 9.11. The second-order valence-corrected chi connectivity index (χ2v) is 5.79. The van der Waals surface area contributed by atoms with Crippen LogP contribution in [0.5, 0.6) is 11.5 Å². The molecular weight excluding hydrogens is 326 g/mol. The summed E-state index contributed by atoms with van der Waals surface area (Å²) in [6.07, 6.45) is 1.51. The Hall–Kier alpha value is -1.05. The molecule has 1 amide bonds. The van der Waals surface area contributed by atoms with Crippen molar-refractivity contribution in [2.75, 3.05) is 0 Å². The minimum absolute atomic E-state index is 0.0660. The lowest BCUT2D eigenvalue weighted by atomic mass is 10.1. The fourth-order valence-corrected chi connectivity index (χ4v) is 2.64. The monoisotopic (exact) mass is 331 g/mol. The maximum absolute atomic E-state index is 11.4. The molecule has 1 aliphatic heterocycles. The molecule has 88 valence electrons. The van der Waals surface area contributed by atoms with E-state index in [0.29, 0.717) is 19.3 Å². The van der Waals surface area contributed by atoms with Crippen LogP contribution in [0.1, 0.15) is 5.56 Å². The van der Waals surface area contributed by atoms with Crippen LogP contribution in [0.2, 0.25) is 0 Å². The van der Waals surface area contributed by atoms with Gasteiger partial charge in [-0.15, -0.1) is 0 Å². The van der Waals surface area contributed by atoms with Crippen molar-refractivity contribution in [2.45, 2.75) is 0 Å². The highest BCUT2D eigenvalue weighted by molar-refractivity contribution is 9.10. The van der Waals surface area contributed by atoms with E-state index in [0.717, 1.165) is 11.8 Å². The minimum Gasteiger partial charge on any atom is -0.507 e. The molecule has 0 aliphatic carbocycles. The van der Waals surface area contributed by atoms with E-state index in [2.05, 4.69) is 21.2 Å². The van der Waals surface area contributed by atoms with Gasteiger partial charge in [-0.1, -0.05) is 24.0 Å². The molecule has 0 bridgehead atoms. The number of phenols is 2. The number of phenolic OH excluding ortho intramolecular Hbond substituents is 2. The molecule has 0 spiro atoms. The first-order valence-electron chi connectivity index (χ1n) is 4.43. The largest absolute Gasteiger partial charge is 0.507 e. The van der Waals surface area contributed by atoms with Crippen molar-refractivity contribution < 1.29 is 15.0 Å². The number of thiocarbonyl (C=S) groups is 1. The summed E-state index contributed by atoms with van der Waals surface area (Å²) in [5.74, 6) is -0.461. The van der Waals surface area contributed by atoms with Crippen molar-refractivity contribution in [1.82, 2.24) is 5.32 Å². The van der Waals surface area contributed by atoms with Crippen LogP contribution in [0.25, 0.3) is 6.08 Å². The molecule has 1 aromatic carbocycles. The molecule has 0 radical (unpaired) electrons. The zero-order valence-corrected chi connectivity index (χ0v) is 11.4. The molecule has 0 aromatic heterocycles. The molecule has 1 fully saturated rings. The SMILES string of the molecule is O=C1NC(=S)S/C1=C/c1cc(Br)c(O)cc1O. The molecule has 0 atom stereocenters. The molecule has 1 saturated heterocycles. The highest BCUT2D eigenvalue weighted by atomic mass is 79.9. The molecule has 4 nitrogen and oxygen atoms in total. The Morgan fingerprint density at radius 1 is 1.35 bits per heavy atom. The first kappa shape index (κ1) is 12.4. The van der Waals surface area contributed by atoms with E-state index in [-0.39, 0.29) is 17.4 Å². The Balaban J connectivity index is 2.42. The van der Waals surface area contributed by atoms with E-state index >= 15 is 0 Å². The number of hydrogen-bond acceptors (Lipinski definition) is 5. The van der Waals surface area contributed by atoms with Gasteiger partial charge < -0.3 is 15.5 Å². The van der Waals surface area contributed by atoms with E-state index in [1.807, 2.05) is 0 Å². The summed E-state index contributed by atoms with van der Waals surface area (Å²) < 4.78 is 0.826. The second kappa shape index (κ2) is 4.67. The summed E-state index contributed by atoms with van der Waals surface area (Å²) in [6.45, 7) is 0. The number of aromatic hydroxyl groups is 2. The third kappa shape index (κ3) is 2.62. The van der Waals surface area contributed by atoms with E-state index in [9.17, 15) is 15.0 Å². The predicted octanol–water partition coefficient (Wildman–Crippen LogP) is 2.35. The zero-order chi connectivity index (χ0) is 12.6. The third-order valence-electron chi connectivity index (χ3n) is 2.02. The number of thioether (sulfide) groups is 1. The number of hydrogen-bond donors (Lipinski definition) is 3. The quantitative estimate of drug-likeness (QED) is 0.544. The molecule has 7 heteroatoms. The lowest BCUT2D eigenvalue weighted by Crippen LogP contribution is -2.17. The van der Waals surface area contributed by atoms with Crippen LogP contribution in [0.3, 0.4) is 0 Å². The van der Waals surface area contributed by atoms with Crippen LogP contribution in [-0.2, 0) is 4.79 Å². The number of rotatable bonds is 1. The number of carbonyl (C=O) groups excluding carboxylic acids is 1. The number of amides is 1. The molecule has 2 rings (SSSR count). The van der Waals surface area contributed by atoms with Crippen molar-refractivity contribution in [3.8, 4) is 11.5 Å². The van der Waals surface area contributed by atoms with Gasteiger partial charge in [-0.2, -0.15) is 0 Å². The highest BCUT2D eigenvalue weighted by Crippen LogP contribution is 2.34. The molecule has 17 heavy (non-hydrogen) atoms. The smallest absolute Gasteiger partial charge is 0.263 e. The molecule has 0 unspecified atom stereocenters. The minimum atomic E-state index is -0.288. The topological polar surface area (TPSA) is 69.6 Å². The van der Waals surface area contributed by atoms with Crippen LogP contribution in [-0.4, -0.2) is 20.4 Å². The summed E-state index contributed by atoms with van der Waals surface area (Å²) in [6, 6.07) is 2.72. The maximum Gasteiger partial charge on any atom is 0.263 e. The van der Waals surface area contributed by atoms with E-state index < -0.39 is 0 Å². The van der Waals surface area contributed by atoms with E-state index in [1.54, 1.807) is 0 Å². The molecule has 0 saturated carbocycles. The van der Waals surface area contributed by atoms with Crippen molar-refractivity contribution in [1.29, 1.82) is 0 Å². The van der Waals surface area contributed by atoms with Gasteiger partial charge in [0.25, 0.3) is 5.91 Å². The Morgan fingerprint density at radius 3 is 2.65 bits per heavy atom. The summed E-state index contributed by atoms with van der Waals surface area (Å²) in [4.78, 5) is 11.8. The fourth-order valence-electron chi connectivity index (χ4n) is 1.24. The Bertz CT molecular complexity index is 557. The number of halogens is 1. The van der Waals surface area contributed by atoms with Gasteiger partial charge in [0, 0.05) is 11.6 Å². The van der Waals surface area contributed by atoms with Crippen molar-refractivity contribution in [3.63, 3.8) is 0 Å². The van der Waals surface area contributed by atoms with Crippen LogP contribution < -0.4 is 5.32 Å². The van der Waals surface area contributed by atoms with Crippen LogP contribution >= 0.6 is 39.9 Å². The van der Waals surface area contributed by atoms with E-state index in [1.165, 1.54) is 18.2 Å². The molecule has 1 aliphatic rings. The van der Waals surface area contributed by atoms with Gasteiger partial charge in [-0.05, 0) is 28.1 Å². The lowest BCUT2D eigenvalue weighted by molar-refractivity contribution is -0.115. The van der Waals surface area contributed by atoms with Crippen LogP contribution in [0, 0.1) is 0 Å². The van der Waals surface area contributed by atoms with Gasteiger partial charge in [0.2, 0.25) is 0 Å². The molecular formula is C10H6BrNO3S2. The highest BCUT2D eigenvalue weighted by Gasteiger charge is 2.22. The van der Waals surface area contributed by atoms with Gasteiger partial charge in [0.1, 0.15) is 15.8 Å². The van der Waals surface area contributed by atoms with Crippen LogP contribution in [0.15, 0.2) is 21.5 Å². The number of nitrogens with one attached hydrogen (secondary N) is 1. The second-order valence-electron chi connectivity index (χ2n) is 3.21. The maximum atomic E-state index is 11.4. The molecule has 1 heterocycles. The Kier molecular flexibility index (Phi) is 3.41. The van der Waals surface area contributed by atoms with Gasteiger partial charge in [-0.25, -0.2) is 0 Å². The number of benzene rings is 1. The molecule has 3 N–H and O–H groups in total. The van der Waals surface area contributed by atoms with Gasteiger partial charge in [0.05, 0.1) is 9.38 Å². The van der Waals surface area contributed by atoms with Gasteiger partial charge in [0.15, 0.2) is 0 Å². The Labute approximate surface area is 115 Å². The third-order valence-corrected chi connectivity index (χ3v) is 3.82. The first-order chi connectivity index (χ1) is 7.97. The standard InChI is InChI=1S/C10H6BrNO3S2/c11-5-1-4(6(13)3-7(5)14)2-8-9(15)12-10(16)17-8/h1-3,13-14H,(H,12,15,16)/b8-2+. The van der Waals surface area contributed by atoms with Crippen LogP contribution in [0.4, 0.5) is 0 Å². The normalized spacial score (nSPS) is 17.6. The summed E-state index contributed by atoms with van der Waals surface area (Å²) in [7, 11) is 0. The average Bonchev–Trinajstić information content (AvgIpc) is 2.54. The van der Waals surface area contributed by atoms with E-state index in [4.69, 9.17) is 12.2 Å². The fraction of sp³-hybridized carbons (Fsp3) is 0. The van der Waals surface area contributed by atoms with Gasteiger partial charge >= 0.3 is 0 Å². The van der Waals surface area contributed by atoms with Gasteiger partial charge in [-0.3, -0.25) is 4.79 Å². The lowest BCUT2D eigenvalue weighted by Gasteiger charge is -2.03. The summed E-state index contributed by atoms with van der Waals surface area (Å²) in [5.41, 5.74) is 0.428. The van der Waals surface area contributed by atoms with Crippen molar-refractivity contribution >= 4 is 56.2 Å². The van der Waals surface area contributed by atoms with Crippen molar-refractivity contribution in [3.05, 3.63) is 27.1 Å². The number of carbonyl (C=O) groups is 1. The predicted molar refractivity (Wildman–Crippen MR) is 73.8 cm³/mol.